The molecule has 1 aromatic heterocycles. The fourth-order valence-corrected chi connectivity index (χ4v) is 2.86. The molecule has 1 aromatic carbocycles. The fraction of sp³-hybridized carbons (Fsp3) is 0.333. The smallest absolute Gasteiger partial charge is 0.116 e. The summed E-state index contributed by atoms with van der Waals surface area (Å²) in [6.07, 6.45) is 2.05. The Balaban J connectivity index is 2.71. The van der Waals surface area contributed by atoms with E-state index in [2.05, 4.69) is 19.9 Å². The van der Waals surface area contributed by atoms with Gasteiger partial charge in [-0.1, -0.05) is 13.8 Å². The molecular weight excluding hydrogens is 192 g/mol. The van der Waals surface area contributed by atoms with Gasteiger partial charge in [0.1, 0.15) is 5.75 Å². The van der Waals surface area contributed by atoms with Gasteiger partial charge in [0.25, 0.3) is 0 Å². The molecule has 1 heterocycles. The Morgan fingerprint density at radius 1 is 1.14 bits per heavy atom. The van der Waals surface area contributed by atoms with Crippen LogP contribution in [0, 0.1) is 0 Å². The largest absolute Gasteiger partial charge is 0.508 e. The SMILES string of the molecule is CCc1cc2cc(O)cc(CC)c2s1. The van der Waals surface area contributed by atoms with Gasteiger partial charge >= 0.3 is 0 Å². The van der Waals surface area contributed by atoms with Crippen LogP contribution in [0.1, 0.15) is 24.3 Å². The van der Waals surface area contributed by atoms with E-state index < -0.39 is 0 Å². The number of rotatable bonds is 2. The van der Waals surface area contributed by atoms with Gasteiger partial charge in [0.05, 0.1) is 0 Å². The minimum Gasteiger partial charge on any atom is -0.508 e. The molecule has 0 aliphatic rings. The van der Waals surface area contributed by atoms with Crippen LogP contribution in [-0.4, -0.2) is 5.11 Å². The van der Waals surface area contributed by atoms with E-state index in [4.69, 9.17) is 0 Å². The third-order valence-electron chi connectivity index (χ3n) is 2.46. The molecular formula is C12H14OS. The third kappa shape index (κ3) is 1.50. The Morgan fingerprint density at radius 3 is 2.57 bits per heavy atom. The van der Waals surface area contributed by atoms with Crippen LogP contribution in [0.3, 0.4) is 0 Å². The van der Waals surface area contributed by atoms with Crippen LogP contribution in [0.25, 0.3) is 10.1 Å². The van der Waals surface area contributed by atoms with Crippen molar-refractivity contribution in [1.82, 2.24) is 0 Å². The van der Waals surface area contributed by atoms with E-state index in [0.717, 1.165) is 12.8 Å². The molecule has 0 unspecified atom stereocenters. The molecule has 74 valence electrons. The van der Waals surface area contributed by atoms with Crippen LogP contribution < -0.4 is 0 Å². The van der Waals surface area contributed by atoms with Crippen molar-refractivity contribution >= 4 is 21.4 Å². The first-order valence-corrected chi connectivity index (χ1v) is 5.80. The number of aromatic hydroxyl groups is 1. The highest BCUT2D eigenvalue weighted by Gasteiger charge is 2.06. The standard InChI is InChI=1S/C12H14OS/c1-3-8-5-10(13)6-9-7-11(4-2)14-12(8)9/h5-7,13H,3-4H2,1-2H3. The average molecular weight is 206 g/mol. The minimum atomic E-state index is 0.384. The van der Waals surface area contributed by atoms with E-state index in [9.17, 15) is 5.11 Å². The second-order valence-electron chi connectivity index (χ2n) is 3.44. The second kappa shape index (κ2) is 3.62. The van der Waals surface area contributed by atoms with Gasteiger partial charge in [0.2, 0.25) is 0 Å². The van der Waals surface area contributed by atoms with Crippen LogP contribution >= 0.6 is 11.3 Å². The van der Waals surface area contributed by atoms with Crippen molar-refractivity contribution in [3.05, 3.63) is 28.6 Å². The number of fused-ring (bicyclic) bond motifs is 1. The third-order valence-corrected chi connectivity index (χ3v) is 3.83. The Bertz CT molecular complexity index is 457. The van der Waals surface area contributed by atoms with Crippen LogP contribution in [0.4, 0.5) is 0 Å². The monoisotopic (exact) mass is 206 g/mol. The molecule has 0 aliphatic heterocycles. The highest BCUT2D eigenvalue weighted by atomic mass is 32.1. The highest BCUT2D eigenvalue weighted by molar-refractivity contribution is 7.19. The number of phenols is 1. The number of thiophene rings is 1. The van der Waals surface area contributed by atoms with Crippen LogP contribution in [-0.2, 0) is 12.8 Å². The Morgan fingerprint density at radius 2 is 1.93 bits per heavy atom. The molecule has 0 atom stereocenters. The molecule has 14 heavy (non-hydrogen) atoms. The summed E-state index contributed by atoms with van der Waals surface area (Å²) in [6.45, 7) is 4.29. The summed E-state index contributed by atoms with van der Waals surface area (Å²) in [4.78, 5) is 1.39. The van der Waals surface area contributed by atoms with Crippen molar-refractivity contribution in [1.29, 1.82) is 0 Å². The van der Waals surface area contributed by atoms with Crippen molar-refractivity contribution in [3.63, 3.8) is 0 Å². The Labute approximate surface area is 88.0 Å². The van der Waals surface area contributed by atoms with Crippen molar-refractivity contribution in [2.24, 2.45) is 0 Å². The number of phenolic OH excluding ortho intramolecular Hbond substituents is 1. The lowest BCUT2D eigenvalue weighted by Gasteiger charge is -1.99. The molecule has 0 radical (unpaired) electrons. The lowest BCUT2D eigenvalue weighted by atomic mass is 10.1. The zero-order valence-electron chi connectivity index (χ0n) is 8.50. The number of benzene rings is 1. The van der Waals surface area contributed by atoms with Gasteiger partial charge in [-0.15, -0.1) is 11.3 Å². The molecule has 0 spiro atoms. The maximum absolute atomic E-state index is 9.53. The first-order chi connectivity index (χ1) is 6.74. The van der Waals surface area contributed by atoms with Gasteiger partial charge in [0.15, 0.2) is 0 Å². The number of hydrogen-bond acceptors (Lipinski definition) is 2. The zero-order chi connectivity index (χ0) is 10.1. The van der Waals surface area contributed by atoms with Gasteiger partial charge in [0, 0.05) is 9.58 Å². The molecule has 0 aliphatic carbocycles. The van der Waals surface area contributed by atoms with Gasteiger partial charge in [-0.05, 0) is 42.0 Å². The maximum Gasteiger partial charge on any atom is 0.116 e. The predicted octanol–water partition coefficient (Wildman–Crippen LogP) is 3.73. The lowest BCUT2D eigenvalue weighted by molar-refractivity contribution is 0.475. The van der Waals surface area contributed by atoms with E-state index >= 15 is 0 Å². The van der Waals surface area contributed by atoms with Gasteiger partial charge in [-0.3, -0.25) is 0 Å². The average Bonchev–Trinajstić information content (AvgIpc) is 2.59. The van der Waals surface area contributed by atoms with Gasteiger partial charge in [-0.2, -0.15) is 0 Å². The summed E-state index contributed by atoms with van der Waals surface area (Å²) in [5, 5.41) is 10.7. The molecule has 1 N–H and O–H groups in total. The molecule has 1 nitrogen and oxygen atoms in total. The molecule has 0 bridgehead atoms. The highest BCUT2D eigenvalue weighted by Crippen LogP contribution is 2.32. The molecule has 0 amide bonds. The number of hydrogen-bond donors (Lipinski definition) is 1. The van der Waals surface area contributed by atoms with Crippen LogP contribution in [0.15, 0.2) is 18.2 Å². The van der Waals surface area contributed by atoms with Crippen molar-refractivity contribution in [2.75, 3.05) is 0 Å². The van der Waals surface area contributed by atoms with Crippen LogP contribution in [0.5, 0.6) is 5.75 Å². The Hall–Kier alpha value is -1.02. The van der Waals surface area contributed by atoms with Crippen LogP contribution in [0.2, 0.25) is 0 Å². The Kier molecular flexibility index (Phi) is 2.46. The first-order valence-electron chi connectivity index (χ1n) is 4.99. The number of aryl methyl sites for hydroxylation is 2. The molecule has 0 saturated heterocycles. The first kappa shape index (κ1) is 9.53. The molecule has 2 aromatic rings. The quantitative estimate of drug-likeness (QED) is 0.793. The summed E-state index contributed by atoms with van der Waals surface area (Å²) >= 11 is 1.85. The van der Waals surface area contributed by atoms with Crippen molar-refractivity contribution < 1.29 is 5.11 Å². The van der Waals surface area contributed by atoms with E-state index in [1.807, 2.05) is 23.5 Å². The lowest BCUT2D eigenvalue weighted by Crippen LogP contribution is -1.78. The topological polar surface area (TPSA) is 20.2 Å². The molecule has 0 saturated carbocycles. The molecule has 2 rings (SSSR count). The van der Waals surface area contributed by atoms with Crippen molar-refractivity contribution in [3.8, 4) is 5.75 Å². The summed E-state index contributed by atoms with van der Waals surface area (Å²) in [7, 11) is 0. The van der Waals surface area contributed by atoms with E-state index in [-0.39, 0.29) is 0 Å². The molecule has 2 heteroatoms. The second-order valence-corrected chi connectivity index (χ2v) is 4.58. The van der Waals surface area contributed by atoms with E-state index in [1.165, 1.54) is 20.5 Å². The maximum atomic E-state index is 9.53. The van der Waals surface area contributed by atoms with Gasteiger partial charge < -0.3 is 5.11 Å². The summed E-state index contributed by atoms with van der Waals surface area (Å²) in [6, 6.07) is 5.90. The zero-order valence-corrected chi connectivity index (χ0v) is 9.32. The fourth-order valence-electron chi connectivity index (χ4n) is 1.70. The summed E-state index contributed by atoms with van der Waals surface area (Å²) in [5.41, 5.74) is 1.25. The van der Waals surface area contributed by atoms with Gasteiger partial charge in [-0.25, -0.2) is 0 Å². The summed E-state index contributed by atoms with van der Waals surface area (Å²) in [5.74, 6) is 0.384. The summed E-state index contributed by atoms with van der Waals surface area (Å²) < 4.78 is 1.34. The van der Waals surface area contributed by atoms with E-state index in [1.54, 1.807) is 0 Å². The minimum absolute atomic E-state index is 0.384. The molecule has 0 fully saturated rings. The predicted molar refractivity (Wildman–Crippen MR) is 62.2 cm³/mol. The van der Waals surface area contributed by atoms with E-state index in [0.29, 0.717) is 5.75 Å². The normalized spacial score (nSPS) is 11.0. The van der Waals surface area contributed by atoms with Crippen molar-refractivity contribution in [2.45, 2.75) is 26.7 Å².